The Morgan fingerprint density at radius 1 is 1.17 bits per heavy atom. The molecule has 0 amide bonds. The molecule has 0 spiro atoms. The van der Waals surface area contributed by atoms with Crippen LogP contribution in [-0.4, -0.2) is 56.3 Å². The minimum Gasteiger partial charge on any atom is -0.385 e. The van der Waals surface area contributed by atoms with Gasteiger partial charge < -0.3 is 15.2 Å². The molecule has 8 unspecified atom stereocenters. The topological polar surface area (TPSA) is 60.1 Å². The van der Waals surface area contributed by atoms with Crippen molar-refractivity contribution in [3.63, 3.8) is 0 Å². The second-order valence-corrected chi connectivity index (χ2v) is 13.0. The van der Waals surface area contributed by atoms with E-state index in [0.717, 1.165) is 62.0 Å². The Balaban J connectivity index is 0.00000148. The van der Waals surface area contributed by atoms with Gasteiger partial charge in [-0.3, -0.25) is 5.01 Å². The summed E-state index contributed by atoms with van der Waals surface area (Å²) in [7, 11) is 1.82. The summed E-state index contributed by atoms with van der Waals surface area (Å²) < 4.78 is 11.4. The van der Waals surface area contributed by atoms with Crippen LogP contribution < -0.4 is 5.73 Å². The Morgan fingerprint density at radius 3 is 2.47 bits per heavy atom. The largest absolute Gasteiger partial charge is 0.385 e. The summed E-state index contributed by atoms with van der Waals surface area (Å²) in [6.45, 7) is 19.1. The summed E-state index contributed by atoms with van der Waals surface area (Å²) in [4.78, 5) is 0. The third-order valence-electron chi connectivity index (χ3n) is 11.4. The van der Waals surface area contributed by atoms with E-state index in [-0.39, 0.29) is 11.0 Å². The molecule has 0 radical (unpaired) electrons. The molecule has 5 nitrogen and oxygen atoms in total. The fraction of sp³-hybridized carbons (Fsp3) is 0.903. The lowest BCUT2D eigenvalue weighted by Crippen LogP contribution is -2.61. The first kappa shape index (κ1) is 28.1. The molecule has 5 heteroatoms. The van der Waals surface area contributed by atoms with Gasteiger partial charge >= 0.3 is 0 Å². The van der Waals surface area contributed by atoms with E-state index in [0.29, 0.717) is 17.4 Å². The quantitative estimate of drug-likeness (QED) is 0.425. The summed E-state index contributed by atoms with van der Waals surface area (Å²) in [5.41, 5.74) is 8.95. The Labute approximate surface area is 221 Å². The predicted molar refractivity (Wildman–Crippen MR) is 150 cm³/mol. The highest BCUT2D eigenvalue weighted by Crippen LogP contribution is 2.67. The van der Waals surface area contributed by atoms with E-state index in [1.165, 1.54) is 51.4 Å². The molecule has 2 N–H and O–H groups in total. The maximum atomic E-state index is 7.17. The average Bonchev–Trinajstić information content (AvgIpc) is 3.37. The third kappa shape index (κ3) is 4.60. The second-order valence-electron chi connectivity index (χ2n) is 13.0. The van der Waals surface area contributed by atoms with Gasteiger partial charge in [0.2, 0.25) is 0 Å². The smallest absolute Gasteiger partial charge is 0.0701 e. The van der Waals surface area contributed by atoms with Crippen molar-refractivity contribution in [3.8, 4) is 0 Å². The van der Waals surface area contributed by atoms with Crippen molar-refractivity contribution in [3.05, 3.63) is 12.2 Å². The van der Waals surface area contributed by atoms with Crippen molar-refractivity contribution >= 4 is 6.21 Å². The number of methoxy groups -OCH3 is 1. The van der Waals surface area contributed by atoms with E-state index >= 15 is 0 Å². The molecule has 0 bridgehead atoms. The van der Waals surface area contributed by atoms with Gasteiger partial charge in [0.1, 0.15) is 0 Å². The van der Waals surface area contributed by atoms with Crippen molar-refractivity contribution < 1.29 is 9.47 Å². The first-order valence-corrected chi connectivity index (χ1v) is 15.1. The molecule has 5 rings (SSSR count). The van der Waals surface area contributed by atoms with Crippen LogP contribution in [0.15, 0.2) is 17.3 Å². The van der Waals surface area contributed by atoms with Crippen LogP contribution in [0, 0.1) is 40.4 Å². The van der Waals surface area contributed by atoms with Crippen LogP contribution in [0.3, 0.4) is 0 Å². The minimum absolute atomic E-state index is 0.0335. The first-order chi connectivity index (χ1) is 17.3. The highest BCUT2D eigenvalue weighted by molar-refractivity contribution is 5.80. The van der Waals surface area contributed by atoms with Gasteiger partial charge in [0, 0.05) is 31.2 Å². The molecule has 0 aromatic carbocycles. The number of nitrogens with zero attached hydrogens (tertiary/aromatic N) is 2. The zero-order valence-electron chi connectivity index (χ0n) is 24.2. The summed E-state index contributed by atoms with van der Waals surface area (Å²) in [6, 6.07) is 0.316. The number of hydrogen-bond donors (Lipinski definition) is 1. The lowest BCUT2D eigenvalue weighted by molar-refractivity contribution is -0.192. The molecule has 4 fully saturated rings. The van der Waals surface area contributed by atoms with Crippen LogP contribution in [0.5, 0.6) is 0 Å². The Bertz CT molecular complexity index is 795. The van der Waals surface area contributed by atoms with Crippen LogP contribution in [0.4, 0.5) is 0 Å². The Hall–Kier alpha value is -0.910. The summed E-state index contributed by atoms with van der Waals surface area (Å²) >= 11 is 0. The second kappa shape index (κ2) is 11.1. The molecule has 36 heavy (non-hydrogen) atoms. The fourth-order valence-electron chi connectivity index (χ4n) is 9.51. The van der Waals surface area contributed by atoms with E-state index in [4.69, 9.17) is 20.3 Å². The molecule has 8 atom stereocenters. The maximum absolute atomic E-state index is 7.17. The molecule has 3 aliphatic carbocycles. The molecule has 5 aliphatic rings. The van der Waals surface area contributed by atoms with Gasteiger partial charge in [-0.05, 0) is 98.9 Å². The van der Waals surface area contributed by atoms with Crippen LogP contribution in [0.1, 0.15) is 92.4 Å². The van der Waals surface area contributed by atoms with Crippen LogP contribution >= 0.6 is 0 Å². The number of rotatable bonds is 8. The predicted octanol–water partition coefficient (Wildman–Crippen LogP) is 6.28. The van der Waals surface area contributed by atoms with Crippen molar-refractivity contribution in [1.82, 2.24) is 5.01 Å². The zero-order chi connectivity index (χ0) is 26.1. The van der Waals surface area contributed by atoms with Gasteiger partial charge in [0.05, 0.1) is 25.5 Å². The van der Waals surface area contributed by atoms with E-state index in [1.54, 1.807) is 0 Å². The van der Waals surface area contributed by atoms with Gasteiger partial charge in [-0.25, -0.2) is 0 Å². The molecule has 2 heterocycles. The monoisotopic (exact) mass is 501 g/mol. The Kier molecular flexibility index (Phi) is 8.64. The average molecular weight is 502 g/mol. The highest BCUT2D eigenvalue weighted by Gasteiger charge is 2.64. The standard InChI is InChI=1S/C29H49N3O2.C2H6/c1-6-7-25-23-10-12-27(4)24(22(23)11-13-29(25,30)14-15-33-5)8-9-26(27)28(18-34-19-28)17-32-21(3)20(2)16-31-32;1-2/h16,21-26H,2,6-15,17-19,30H2,1,3-5H3;1-2H3. The molecular formula is C31H55N3O2. The maximum Gasteiger partial charge on any atom is 0.0701 e. The van der Waals surface area contributed by atoms with Gasteiger partial charge in [0.15, 0.2) is 0 Å². The number of ether oxygens (including phenoxy) is 2. The summed E-state index contributed by atoms with van der Waals surface area (Å²) in [6.07, 6.45) is 13.5. The van der Waals surface area contributed by atoms with Gasteiger partial charge in [-0.15, -0.1) is 0 Å². The minimum atomic E-state index is -0.0335. The molecule has 206 valence electrons. The highest BCUT2D eigenvalue weighted by atomic mass is 16.5. The number of nitrogens with two attached hydrogens (primary N) is 1. The van der Waals surface area contributed by atoms with Crippen molar-refractivity contribution in [2.75, 3.05) is 33.5 Å². The van der Waals surface area contributed by atoms with E-state index < -0.39 is 0 Å². The number of hydrazone groups is 1. The molecule has 0 aromatic heterocycles. The molecule has 3 saturated carbocycles. The van der Waals surface area contributed by atoms with Crippen molar-refractivity contribution in [1.29, 1.82) is 0 Å². The number of hydrogen-bond acceptors (Lipinski definition) is 5. The summed E-state index contributed by atoms with van der Waals surface area (Å²) in [5.74, 6) is 3.88. The van der Waals surface area contributed by atoms with Crippen LogP contribution in [0.2, 0.25) is 0 Å². The van der Waals surface area contributed by atoms with Gasteiger partial charge in [0.25, 0.3) is 0 Å². The lowest BCUT2D eigenvalue weighted by Gasteiger charge is -2.60. The van der Waals surface area contributed by atoms with E-state index in [9.17, 15) is 0 Å². The zero-order valence-corrected chi connectivity index (χ0v) is 24.2. The third-order valence-corrected chi connectivity index (χ3v) is 11.4. The van der Waals surface area contributed by atoms with E-state index in [2.05, 4.69) is 32.4 Å². The lowest BCUT2D eigenvalue weighted by atomic mass is 9.47. The molecule has 2 aliphatic heterocycles. The number of fused-ring (bicyclic) bond motifs is 3. The SMILES string of the molecule is C=C1C=NN(CC2(C3CCC4C5CCC(N)(CCOC)C(CCC)C5CCC43C)COC2)C1C.CC. The normalized spacial score (nSPS) is 42.9. The van der Waals surface area contributed by atoms with Crippen LogP contribution in [-0.2, 0) is 9.47 Å². The van der Waals surface area contributed by atoms with Gasteiger partial charge in [-0.1, -0.05) is 40.7 Å². The van der Waals surface area contributed by atoms with Crippen molar-refractivity contribution in [2.45, 2.75) is 104 Å². The van der Waals surface area contributed by atoms with E-state index in [1.807, 2.05) is 27.2 Å². The van der Waals surface area contributed by atoms with Crippen molar-refractivity contribution in [2.24, 2.45) is 51.3 Å². The summed E-state index contributed by atoms with van der Waals surface area (Å²) in [5, 5.41) is 7.02. The first-order valence-electron chi connectivity index (χ1n) is 15.1. The molecule has 0 aromatic rings. The molecular weight excluding hydrogens is 446 g/mol. The Morgan fingerprint density at radius 2 is 1.89 bits per heavy atom. The fourth-order valence-corrected chi connectivity index (χ4v) is 9.51. The van der Waals surface area contributed by atoms with Gasteiger partial charge in [-0.2, -0.15) is 5.10 Å². The molecule has 1 saturated heterocycles. The van der Waals surface area contributed by atoms with Crippen LogP contribution in [0.25, 0.3) is 0 Å².